The van der Waals surface area contributed by atoms with E-state index in [1.54, 1.807) is 19.1 Å². The third-order valence-corrected chi connectivity index (χ3v) is 3.49. The molecule has 0 aromatic heterocycles. The summed E-state index contributed by atoms with van der Waals surface area (Å²) in [5.74, 6) is -1.38. The fraction of sp³-hybridized carbons (Fsp3) is 0.235. The van der Waals surface area contributed by atoms with Gasteiger partial charge in [0, 0.05) is 11.5 Å². The molecule has 0 aliphatic carbocycles. The Bertz CT molecular complexity index is 744. The number of carbonyl (C=O) groups excluding carboxylic acids is 2. The van der Waals surface area contributed by atoms with Gasteiger partial charge in [-0.1, -0.05) is 36.4 Å². The first-order valence-corrected chi connectivity index (χ1v) is 7.00. The maximum atomic E-state index is 12.4. The first-order valence-electron chi connectivity index (χ1n) is 7.00. The first kappa shape index (κ1) is 15.5. The van der Waals surface area contributed by atoms with Crippen molar-refractivity contribution in [3.63, 3.8) is 0 Å². The molecule has 2 atom stereocenters. The second kappa shape index (κ2) is 6.72. The Morgan fingerprint density at radius 3 is 2.59 bits per heavy atom. The fourth-order valence-corrected chi connectivity index (χ4v) is 2.31. The van der Waals surface area contributed by atoms with Crippen LogP contribution in [0.25, 0.3) is 10.8 Å². The summed E-state index contributed by atoms with van der Waals surface area (Å²) in [5, 5.41) is 13.2. The van der Waals surface area contributed by atoms with E-state index in [1.807, 2.05) is 36.4 Å². The summed E-state index contributed by atoms with van der Waals surface area (Å²) in [6, 6.07) is 14.1. The average Bonchev–Trinajstić information content (AvgIpc) is 2.53. The Morgan fingerprint density at radius 1 is 1.23 bits per heavy atom. The molecule has 2 amide bonds. The van der Waals surface area contributed by atoms with Crippen LogP contribution in [0, 0.1) is 17.2 Å². The number of benzene rings is 2. The Labute approximate surface area is 128 Å². The Balaban J connectivity index is 2.26. The van der Waals surface area contributed by atoms with Crippen LogP contribution in [0.5, 0.6) is 0 Å². The van der Waals surface area contributed by atoms with Crippen molar-refractivity contribution in [1.82, 2.24) is 5.32 Å². The van der Waals surface area contributed by atoms with Crippen LogP contribution in [0.1, 0.15) is 23.7 Å². The topological polar surface area (TPSA) is 96.0 Å². The number of primary amides is 1. The molecule has 0 saturated heterocycles. The highest BCUT2D eigenvalue weighted by atomic mass is 16.2. The van der Waals surface area contributed by atoms with Crippen molar-refractivity contribution >= 4 is 22.6 Å². The highest BCUT2D eigenvalue weighted by molar-refractivity contribution is 6.08. The van der Waals surface area contributed by atoms with Crippen molar-refractivity contribution in [3.05, 3.63) is 48.0 Å². The number of nitrogens with two attached hydrogens (primary N) is 1. The Hall–Kier alpha value is -2.87. The zero-order valence-electron chi connectivity index (χ0n) is 12.2. The summed E-state index contributed by atoms with van der Waals surface area (Å²) in [6.07, 6.45) is 0.197. The summed E-state index contributed by atoms with van der Waals surface area (Å²) in [6.45, 7) is 1.68. The van der Waals surface area contributed by atoms with Gasteiger partial charge in [-0.2, -0.15) is 5.26 Å². The van der Waals surface area contributed by atoms with Crippen molar-refractivity contribution < 1.29 is 9.59 Å². The number of carbonyl (C=O) groups is 2. The van der Waals surface area contributed by atoms with Gasteiger partial charge in [-0.25, -0.2) is 0 Å². The molecular weight excluding hydrogens is 278 g/mol. The van der Waals surface area contributed by atoms with Gasteiger partial charge in [0.05, 0.1) is 6.07 Å². The van der Waals surface area contributed by atoms with E-state index < -0.39 is 11.9 Å². The molecule has 0 unspecified atom stereocenters. The fourth-order valence-electron chi connectivity index (χ4n) is 2.31. The van der Waals surface area contributed by atoms with Gasteiger partial charge in [-0.15, -0.1) is 0 Å². The number of fused-ring (bicyclic) bond motifs is 1. The van der Waals surface area contributed by atoms with Crippen molar-refractivity contribution in [2.75, 3.05) is 0 Å². The third-order valence-electron chi connectivity index (χ3n) is 3.49. The number of rotatable bonds is 5. The molecule has 0 aliphatic rings. The number of nitriles is 1. The molecule has 2 aromatic rings. The van der Waals surface area contributed by atoms with E-state index in [4.69, 9.17) is 11.0 Å². The number of nitrogens with one attached hydrogen (secondary N) is 1. The minimum Gasteiger partial charge on any atom is -0.368 e. The van der Waals surface area contributed by atoms with Gasteiger partial charge in [-0.3, -0.25) is 9.59 Å². The van der Waals surface area contributed by atoms with E-state index in [1.165, 1.54) is 0 Å². The molecule has 112 valence electrons. The minimum absolute atomic E-state index is 0.197. The predicted molar refractivity (Wildman–Crippen MR) is 83.8 cm³/mol. The van der Waals surface area contributed by atoms with E-state index in [2.05, 4.69) is 5.32 Å². The monoisotopic (exact) mass is 295 g/mol. The van der Waals surface area contributed by atoms with E-state index in [0.29, 0.717) is 5.56 Å². The summed E-state index contributed by atoms with van der Waals surface area (Å²) >= 11 is 0. The van der Waals surface area contributed by atoms with Gasteiger partial charge in [-0.05, 0) is 30.2 Å². The zero-order chi connectivity index (χ0) is 16.1. The largest absolute Gasteiger partial charge is 0.368 e. The predicted octanol–water partition coefficient (Wildman–Crippen LogP) is 1.97. The highest BCUT2D eigenvalue weighted by Crippen LogP contribution is 2.18. The normalized spacial score (nSPS) is 13.1. The quantitative estimate of drug-likeness (QED) is 0.882. The van der Waals surface area contributed by atoms with Crippen molar-refractivity contribution in [2.24, 2.45) is 11.7 Å². The van der Waals surface area contributed by atoms with E-state index >= 15 is 0 Å². The van der Waals surface area contributed by atoms with Crippen LogP contribution < -0.4 is 11.1 Å². The molecule has 0 aliphatic heterocycles. The molecule has 0 saturated carbocycles. The average molecular weight is 295 g/mol. The summed E-state index contributed by atoms with van der Waals surface area (Å²) in [5.41, 5.74) is 5.80. The molecular formula is C17H17N3O2. The van der Waals surface area contributed by atoms with Crippen molar-refractivity contribution in [1.29, 1.82) is 5.26 Å². The lowest BCUT2D eigenvalue weighted by Crippen LogP contribution is -2.45. The SMILES string of the molecule is C[C@H](C#N)C[C@H](NC(=O)c1cccc2ccccc12)C(N)=O. The second-order valence-electron chi connectivity index (χ2n) is 5.22. The van der Waals surface area contributed by atoms with Crippen LogP contribution in [0.3, 0.4) is 0 Å². The molecule has 0 bridgehead atoms. The molecule has 5 heteroatoms. The van der Waals surface area contributed by atoms with Crippen LogP contribution >= 0.6 is 0 Å². The van der Waals surface area contributed by atoms with Crippen molar-refractivity contribution in [3.8, 4) is 6.07 Å². The lowest BCUT2D eigenvalue weighted by Gasteiger charge is -2.17. The second-order valence-corrected chi connectivity index (χ2v) is 5.22. The first-order chi connectivity index (χ1) is 10.5. The lowest BCUT2D eigenvalue weighted by molar-refractivity contribution is -0.120. The van der Waals surface area contributed by atoms with Gasteiger partial charge in [0.1, 0.15) is 6.04 Å². The zero-order valence-corrected chi connectivity index (χ0v) is 12.2. The van der Waals surface area contributed by atoms with Gasteiger partial charge in [0.2, 0.25) is 5.91 Å². The maximum Gasteiger partial charge on any atom is 0.252 e. The lowest BCUT2D eigenvalue weighted by atomic mass is 10.0. The van der Waals surface area contributed by atoms with Crippen LogP contribution in [-0.2, 0) is 4.79 Å². The Morgan fingerprint density at radius 2 is 1.91 bits per heavy atom. The molecule has 22 heavy (non-hydrogen) atoms. The van der Waals surface area contributed by atoms with E-state index in [0.717, 1.165) is 10.8 Å². The van der Waals surface area contributed by atoms with Crippen LogP contribution in [0.15, 0.2) is 42.5 Å². The summed E-state index contributed by atoms with van der Waals surface area (Å²) in [4.78, 5) is 23.9. The molecule has 2 aromatic carbocycles. The standard InChI is InChI=1S/C17H17N3O2/c1-11(10-18)9-15(16(19)21)20-17(22)14-8-4-6-12-5-2-3-7-13(12)14/h2-8,11,15H,9H2,1H3,(H2,19,21)(H,20,22)/t11-,15-/m0/s1. The molecule has 0 fully saturated rings. The number of amides is 2. The molecule has 2 rings (SSSR count). The number of hydrogen-bond acceptors (Lipinski definition) is 3. The molecule has 0 spiro atoms. The highest BCUT2D eigenvalue weighted by Gasteiger charge is 2.22. The van der Waals surface area contributed by atoms with E-state index in [9.17, 15) is 9.59 Å². The van der Waals surface area contributed by atoms with Gasteiger partial charge in [0.25, 0.3) is 5.91 Å². The van der Waals surface area contributed by atoms with E-state index in [-0.39, 0.29) is 18.2 Å². The molecule has 5 nitrogen and oxygen atoms in total. The maximum absolute atomic E-state index is 12.4. The van der Waals surface area contributed by atoms with Crippen LogP contribution in [-0.4, -0.2) is 17.9 Å². The third kappa shape index (κ3) is 3.41. The number of hydrogen-bond donors (Lipinski definition) is 2. The minimum atomic E-state index is -0.860. The van der Waals surface area contributed by atoms with Crippen LogP contribution in [0.4, 0.5) is 0 Å². The Kier molecular flexibility index (Phi) is 4.74. The van der Waals surface area contributed by atoms with Crippen molar-refractivity contribution in [2.45, 2.75) is 19.4 Å². The molecule has 0 radical (unpaired) electrons. The molecule has 0 heterocycles. The van der Waals surface area contributed by atoms with Gasteiger partial charge < -0.3 is 11.1 Å². The smallest absolute Gasteiger partial charge is 0.252 e. The molecule has 3 N–H and O–H groups in total. The summed E-state index contributed by atoms with van der Waals surface area (Å²) < 4.78 is 0. The number of nitrogens with zero attached hydrogens (tertiary/aromatic N) is 1. The summed E-state index contributed by atoms with van der Waals surface area (Å²) in [7, 11) is 0. The van der Waals surface area contributed by atoms with Crippen LogP contribution in [0.2, 0.25) is 0 Å². The van der Waals surface area contributed by atoms with Gasteiger partial charge >= 0.3 is 0 Å². The van der Waals surface area contributed by atoms with Gasteiger partial charge in [0.15, 0.2) is 0 Å².